The van der Waals surface area contributed by atoms with Crippen LogP contribution in [-0.4, -0.2) is 55.0 Å². The molecule has 1 saturated carbocycles. The first-order valence-electron chi connectivity index (χ1n) is 9.38. The van der Waals surface area contributed by atoms with E-state index < -0.39 is 0 Å². The molecule has 1 aromatic rings. The highest BCUT2D eigenvalue weighted by atomic mass is 16.5. The SMILES string of the molecule is CCNC(=NCc1c(C)nn(CCOC)c1C)NCCNC(=O)C1CC1. The van der Waals surface area contributed by atoms with Gasteiger partial charge in [0.05, 0.1) is 25.4 Å². The van der Waals surface area contributed by atoms with E-state index in [1.54, 1.807) is 7.11 Å². The van der Waals surface area contributed by atoms with Gasteiger partial charge in [0.25, 0.3) is 0 Å². The number of rotatable bonds is 10. The van der Waals surface area contributed by atoms with Crippen molar-refractivity contribution in [2.75, 3.05) is 33.4 Å². The lowest BCUT2D eigenvalue weighted by atomic mass is 10.2. The van der Waals surface area contributed by atoms with Gasteiger partial charge in [-0.2, -0.15) is 5.10 Å². The van der Waals surface area contributed by atoms with Gasteiger partial charge in [-0.15, -0.1) is 0 Å². The average Bonchev–Trinajstić information content (AvgIpc) is 3.43. The molecule has 0 saturated heterocycles. The van der Waals surface area contributed by atoms with E-state index in [9.17, 15) is 4.79 Å². The Labute approximate surface area is 155 Å². The van der Waals surface area contributed by atoms with E-state index in [1.165, 1.54) is 0 Å². The maximum Gasteiger partial charge on any atom is 0.223 e. The molecule has 0 unspecified atom stereocenters. The fourth-order valence-electron chi connectivity index (χ4n) is 2.71. The molecule has 1 fully saturated rings. The second-order valence-electron chi connectivity index (χ2n) is 6.55. The number of methoxy groups -OCH3 is 1. The van der Waals surface area contributed by atoms with Crippen molar-refractivity contribution in [3.63, 3.8) is 0 Å². The Balaban J connectivity index is 1.87. The minimum Gasteiger partial charge on any atom is -0.383 e. The molecule has 0 bridgehead atoms. The van der Waals surface area contributed by atoms with Gasteiger partial charge in [0.15, 0.2) is 5.96 Å². The Kier molecular flexibility index (Phi) is 7.90. The summed E-state index contributed by atoms with van der Waals surface area (Å²) < 4.78 is 7.10. The maximum atomic E-state index is 11.6. The van der Waals surface area contributed by atoms with Crippen LogP contribution in [0.25, 0.3) is 0 Å². The zero-order chi connectivity index (χ0) is 18.9. The van der Waals surface area contributed by atoms with Gasteiger partial charge in [0.2, 0.25) is 5.91 Å². The van der Waals surface area contributed by atoms with E-state index in [1.807, 2.05) is 18.5 Å². The summed E-state index contributed by atoms with van der Waals surface area (Å²) in [5, 5.41) is 14.0. The third-order valence-corrected chi connectivity index (χ3v) is 4.44. The van der Waals surface area contributed by atoms with Crippen LogP contribution in [0.5, 0.6) is 0 Å². The lowest BCUT2D eigenvalue weighted by molar-refractivity contribution is -0.122. The van der Waals surface area contributed by atoms with Crippen molar-refractivity contribution in [1.29, 1.82) is 0 Å². The topological polar surface area (TPSA) is 92.6 Å². The molecule has 1 aromatic heterocycles. The van der Waals surface area contributed by atoms with E-state index in [0.29, 0.717) is 26.2 Å². The molecule has 1 aliphatic rings. The lowest BCUT2D eigenvalue weighted by Gasteiger charge is -2.12. The zero-order valence-corrected chi connectivity index (χ0v) is 16.4. The first kappa shape index (κ1) is 20.2. The molecule has 0 radical (unpaired) electrons. The number of aryl methyl sites for hydroxylation is 1. The van der Waals surface area contributed by atoms with E-state index in [2.05, 4.69) is 33.0 Å². The molecule has 0 aromatic carbocycles. The summed E-state index contributed by atoms with van der Waals surface area (Å²) in [6.07, 6.45) is 2.06. The molecule has 0 spiro atoms. The summed E-state index contributed by atoms with van der Waals surface area (Å²) in [5.74, 6) is 1.16. The van der Waals surface area contributed by atoms with E-state index in [4.69, 9.17) is 4.74 Å². The molecular weight excluding hydrogens is 332 g/mol. The van der Waals surface area contributed by atoms with Gasteiger partial charge in [-0.1, -0.05) is 0 Å². The number of hydrogen-bond donors (Lipinski definition) is 3. The number of carbonyl (C=O) groups excluding carboxylic acids is 1. The van der Waals surface area contributed by atoms with Crippen molar-refractivity contribution in [3.8, 4) is 0 Å². The van der Waals surface area contributed by atoms with Crippen molar-refractivity contribution in [3.05, 3.63) is 17.0 Å². The predicted octanol–water partition coefficient (Wildman–Crippen LogP) is 0.728. The van der Waals surface area contributed by atoms with Crippen LogP contribution in [0, 0.1) is 19.8 Å². The van der Waals surface area contributed by atoms with Crippen molar-refractivity contribution in [2.24, 2.45) is 10.9 Å². The molecule has 0 atom stereocenters. The Morgan fingerprint density at radius 1 is 1.27 bits per heavy atom. The van der Waals surface area contributed by atoms with Gasteiger partial charge in [-0.25, -0.2) is 4.99 Å². The quantitative estimate of drug-likeness (QED) is 0.323. The Morgan fingerprint density at radius 3 is 2.65 bits per heavy atom. The summed E-state index contributed by atoms with van der Waals surface area (Å²) in [5.41, 5.74) is 3.26. The van der Waals surface area contributed by atoms with Crippen LogP contribution >= 0.6 is 0 Å². The molecule has 1 heterocycles. The number of aliphatic imine (C=N–C) groups is 1. The van der Waals surface area contributed by atoms with E-state index in [0.717, 1.165) is 48.8 Å². The van der Waals surface area contributed by atoms with Crippen LogP contribution in [0.1, 0.15) is 36.7 Å². The largest absolute Gasteiger partial charge is 0.383 e. The number of hydrogen-bond acceptors (Lipinski definition) is 4. The predicted molar refractivity (Wildman–Crippen MR) is 102 cm³/mol. The normalized spacial score (nSPS) is 14.4. The van der Waals surface area contributed by atoms with Gasteiger partial charge in [-0.3, -0.25) is 9.48 Å². The highest BCUT2D eigenvalue weighted by molar-refractivity contribution is 5.81. The van der Waals surface area contributed by atoms with Crippen LogP contribution in [-0.2, 0) is 22.6 Å². The molecule has 3 N–H and O–H groups in total. The highest BCUT2D eigenvalue weighted by Gasteiger charge is 2.28. The van der Waals surface area contributed by atoms with Crippen LogP contribution in [0.4, 0.5) is 0 Å². The molecule has 8 heteroatoms. The maximum absolute atomic E-state index is 11.6. The zero-order valence-electron chi connectivity index (χ0n) is 16.4. The Hall–Kier alpha value is -2.09. The van der Waals surface area contributed by atoms with Crippen LogP contribution in [0.15, 0.2) is 4.99 Å². The first-order chi connectivity index (χ1) is 12.6. The van der Waals surface area contributed by atoms with Gasteiger partial charge in [0, 0.05) is 43.9 Å². The van der Waals surface area contributed by atoms with Crippen LogP contribution in [0.3, 0.4) is 0 Å². The van der Waals surface area contributed by atoms with Crippen LogP contribution < -0.4 is 16.0 Å². The highest BCUT2D eigenvalue weighted by Crippen LogP contribution is 2.28. The smallest absolute Gasteiger partial charge is 0.223 e. The Morgan fingerprint density at radius 2 is 2.00 bits per heavy atom. The van der Waals surface area contributed by atoms with Gasteiger partial charge < -0.3 is 20.7 Å². The summed E-state index contributed by atoms with van der Waals surface area (Å²) in [6, 6.07) is 0. The van der Waals surface area contributed by atoms with Crippen molar-refractivity contribution < 1.29 is 9.53 Å². The molecule has 0 aliphatic heterocycles. The van der Waals surface area contributed by atoms with E-state index >= 15 is 0 Å². The molecule has 1 amide bonds. The minimum absolute atomic E-state index is 0.170. The van der Waals surface area contributed by atoms with Gasteiger partial charge in [0.1, 0.15) is 0 Å². The van der Waals surface area contributed by atoms with Crippen molar-refractivity contribution in [1.82, 2.24) is 25.7 Å². The molecular formula is C18H32N6O2. The summed E-state index contributed by atoms with van der Waals surface area (Å²) in [4.78, 5) is 16.3. The second kappa shape index (κ2) is 10.2. The average molecular weight is 364 g/mol. The third kappa shape index (κ3) is 6.01. The standard InChI is InChI=1S/C18H32N6O2/c1-5-19-18(21-9-8-20-17(25)15-6-7-15)22-12-16-13(2)23-24(14(16)3)10-11-26-4/h15H,5-12H2,1-4H3,(H,20,25)(H2,19,21,22). The third-order valence-electron chi connectivity index (χ3n) is 4.44. The summed E-state index contributed by atoms with van der Waals surface area (Å²) in [6.45, 7) is 10.1. The lowest BCUT2D eigenvalue weighted by Crippen LogP contribution is -2.41. The summed E-state index contributed by atoms with van der Waals surface area (Å²) in [7, 11) is 1.69. The number of nitrogens with one attached hydrogen (secondary N) is 3. The van der Waals surface area contributed by atoms with Gasteiger partial charge >= 0.3 is 0 Å². The monoisotopic (exact) mass is 364 g/mol. The summed E-state index contributed by atoms with van der Waals surface area (Å²) >= 11 is 0. The molecule has 26 heavy (non-hydrogen) atoms. The molecule has 2 rings (SSSR count). The fraction of sp³-hybridized carbons (Fsp3) is 0.722. The number of nitrogens with zero attached hydrogens (tertiary/aromatic N) is 3. The van der Waals surface area contributed by atoms with Crippen LogP contribution in [0.2, 0.25) is 0 Å². The van der Waals surface area contributed by atoms with Gasteiger partial charge in [-0.05, 0) is 33.6 Å². The Bertz CT molecular complexity index is 621. The minimum atomic E-state index is 0.170. The second-order valence-corrected chi connectivity index (χ2v) is 6.55. The van der Waals surface area contributed by atoms with E-state index in [-0.39, 0.29) is 11.8 Å². The van der Waals surface area contributed by atoms with Crippen molar-refractivity contribution >= 4 is 11.9 Å². The number of aromatic nitrogens is 2. The van der Waals surface area contributed by atoms with Crippen molar-refractivity contribution in [2.45, 2.75) is 46.7 Å². The molecule has 8 nitrogen and oxygen atoms in total. The molecule has 1 aliphatic carbocycles. The fourth-order valence-corrected chi connectivity index (χ4v) is 2.71. The number of ether oxygens (including phenoxy) is 1. The first-order valence-corrected chi connectivity index (χ1v) is 9.38. The number of amides is 1. The molecule has 146 valence electrons. The number of carbonyl (C=O) groups is 1. The number of guanidine groups is 1.